The maximum atomic E-state index is 13.0. The van der Waals surface area contributed by atoms with E-state index in [-0.39, 0.29) is 17.6 Å². The maximum absolute atomic E-state index is 13.0. The summed E-state index contributed by atoms with van der Waals surface area (Å²) in [4.78, 5) is 30.5. The quantitative estimate of drug-likeness (QED) is 0.801. The van der Waals surface area contributed by atoms with Crippen LogP contribution in [0.2, 0.25) is 0 Å². The van der Waals surface area contributed by atoms with Gasteiger partial charge in [-0.3, -0.25) is 9.59 Å². The largest absolute Gasteiger partial charge is 0.327 e. The fourth-order valence-electron chi connectivity index (χ4n) is 4.14. The van der Waals surface area contributed by atoms with Crippen molar-refractivity contribution in [2.75, 3.05) is 38.0 Å². The van der Waals surface area contributed by atoms with Gasteiger partial charge in [0.25, 0.3) is 11.8 Å². The molecule has 1 aromatic heterocycles. The first-order chi connectivity index (χ1) is 14.0. The second-order valence-electron chi connectivity index (χ2n) is 8.18. The molecule has 1 fully saturated rings. The molecule has 1 aliphatic carbocycles. The van der Waals surface area contributed by atoms with Crippen LogP contribution < -0.4 is 10.2 Å². The fraction of sp³-hybridized carbons (Fsp3) is 0.455. The van der Waals surface area contributed by atoms with Crippen LogP contribution in [0.15, 0.2) is 30.3 Å². The Hall–Kier alpha value is -2.25. The third-order valence-corrected chi connectivity index (χ3v) is 7.06. The van der Waals surface area contributed by atoms with E-state index in [1.165, 1.54) is 29.0 Å². The van der Waals surface area contributed by atoms with E-state index in [0.29, 0.717) is 31.2 Å². The van der Waals surface area contributed by atoms with E-state index in [9.17, 15) is 14.0 Å². The summed E-state index contributed by atoms with van der Waals surface area (Å²) in [6, 6.07) is 7.88. The first-order valence-electron chi connectivity index (χ1n) is 10.3. The molecule has 4 rings (SSSR count). The number of nitrogens with zero attached hydrogens (tertiary/aromatic N) is 1. The van der Waals surface area contributed by atoms with E-state index in [0.717, 1.165) is 35.7 Å². The van der Waals surface area contributed by atoms with Gasteiger partial charge in [-0.2, -0.15) is 0 Å². The number of fused-ring (bicyclic) bond motifs is 1. The van der Waals surface area contributed by atoms with Gasteiger partial charge in [0.2, 0.25) is 0 Å². The number of anilines is 1. The van der Waals surface area contributed by atoms with Gasteiger partial charge < -0.3 is 15.1 Å². The van der Waals surface area contributed by atoms with E-state index in [4.69, 9.17) is 0 Å². The molecule has 1 aromatic carbocycles. The molecule has 0 bridgehead atoms. The van der Waals surface area contributed by atoms with Crippen molar-refractivity contribution in [2.24, 2.45) is 5.92 Å². The Morgan fingerprint density at radius 1 is 1.24 bits per heavy atom. The molecule has 0 radical (unpaired) electrons. The van der Waals surface area contributed by atoms with Crippen LogP contribution in [-0.2, 0) is 17.6 Å². The number of rotatable bonds is 4. The third kappa shape index (κ3) is 4.85. The molecular weight excluding hydrogens is 389 g/mol. The van der Waals surface area contributed by atoms with Crippen LogP contribution in [0.25, 0.3) is 0 Å². The monoisotopic (exact) mass is 416 g/mol. The smallest absolute Gasteiger partial charge is 0.279 e. The van der Waals surface area contributed by atoms with Gasteiger partial charge in [-0.15, -0.1) is 11.3 Å². The van der Waals surface area contributed by atoms with Crippen LogP contribution in [0.3, 0.4) is 0 Å². The average Bonchev–Trinajstić information content (AvgIpc) is 3.13. The summed E-state index contributed by atoms with van der Waals surface area (Å²) in [7, 11) is 0. The lowest BCUT2D eigenvalue weighted by atomic mass is 9.90. The molecule has 1 atom stereocenters. The lowest BCUT2D eigenvalue weighted by molar-refractivity contribution is -0.895. The van der Waals surface area contributed by atoms with Gasteiger partial charge in [-0.05, 0) is 61.1 Å². The molecule has 5 nitrogen and oxygen atoms in total. The van der Waals surface area contributed by atoms with Crippen molar-refractivity contribution < 1.29 is 18.9 Å². The molecule has 7 heteroatoms. The number of carbonyl (C=O) groups is 2. The normalized spacial score (nSPS) is 19.7. The summed E-state index contributed by atoms with van der Waals surface area (Å²) in [5, 5.41) is 2.80. The van der Waals surface area contributed by atoms with Gasteiger partial charge in [0.05, 0.1) is 31.1 Å². The molecule has 2 amide bonds. The van der Waals surface area contributed by atoms with E-state index in [1.807, 2.05) is 4.90 Å². The van der Waals surface area contributed by atoms with Crippen molar-refractivity contribution in [1.29, 1.82) is 0 Å². The van der Waals surface area contributed by atoms with Gasteiger partial charge >= 0.3 is 0 Å². The number of amides is 2. The van der Waals surface area contributed by atoms with Crippen LogP contribution in [0.4, 0.5) is 10.1 Å². The summed E-state index contributed by atoms with van der Waals surface area (Å²) < 4.78 is 13.0. The van der Waals surface area contributed by atoms with Gasteiger partial charge in [-0.25, -0.2) is 4.39 Å². The van der Waals surface area contributed by atoms with Crippen LogP contribution >= 0.6 is 11.3 Å². The number of aryl methyl sites for hydroxylation is 1. The Labute approximate surface area is 174 Å². The number of hydrogen-bond acceptors (Lipinski definition) is 3. The zero-order valence-corrected chi connectivity index (χ0v) is 17.5. The number of piperazine rings is 1. The highest BCUT2D eigenvalue weighted by Crippen LogP contribution is 2.32. The molecule has 0 spiro atoms. The molecule has 0 unspecified atom stereocenters. The minimum atomic E-state index is -0.324. The standard InChI is InChI=1S/C22H26FN3O2S/c1-15-2-7-19-16(12-15)13-20(29-19)22(28)26-10-8-25(9-11-26)14-21(27)24-18-5-3-17(23)4-6-18/h3-6,13,15H,2,7-12,14H2,1H3,(H,24,27)/p+1/t15-/m0/s1. The Bertz CT molecular complexity index is 888. The lowest BCUT2D eigenvalue weighted by Crippen LogP contribution is -3.15. The molecule has 2 aromatic rings. The Balaban J connectivity index is 1.27. The molecule has 2 aliphatic rings. The van der Waals surface area contributed by atoms with Gasteiger partial charge in [0.15, 0.2) is 6.54 Å². The van der Waals surface area contributed by atoms with Crippen LogP contribution in [-0.4, -0.2) is 49.4 Å². The second-order valence-corrected chi connectivity index (χ2v) is 9.32. The van der Waals surface area contributed by atoms with Crippen LogP contribution in [0, 0.1) is 11.7 Å². The van der Waals surface area contributed by atoms with E-state index in [2.05, 4.69) is 18.3 Å². The summed E-state index contributed by atoms with van der Waals surface area (Å²) in [5.41, 5.74) is 1.96. The zero-order valence-electron chi connectivity index (χ0n) is 16.7. The Kier molecular flexibility index (Phi) is 5.96. The van der Waals surface area contributed by atoms with Crippen LogP contribution in [0.1, 0.15) is 33.5 Å². The predicted octanol–water partition coefficient (Wildman–Crippen LogP) is 1.99. The maximum Gasteiger partial charge on any atom is 0.279 e. The number of quaternary nitrogens is 1. The summed E-state index contributed by atoms with van der Waals surface area (Å²) in [6.07, 6.45) is 3.39. The lowest BCUT2D eigenvalue weighted by Gasteiger charge is -2.31. The van der Waals surface area contributed by atoms with Crippen molar-refractivity contribution in [2.45, 2.75) is 26.2 Å². The molecule has 1 aliphatic heterocycles. The molecule has 154 valence electrons. The van der Waals surface area contributed by atoms with Gasteiger partial charge in [-0.1, -0.05) is 6.92 Å². The SMILES string of the molecule is C[C@H]1CCc2sc(C(=O)N3CC[NH+](CC(=O)Nc4ccc(F)cc4)CC3)cc2C1. The Morgan fingerprint density at radius 3 is 2.69 bits per heavy atom. The first-order valence-corrected chi connectivity index (χ1v) is 11.1. The summed E-state index contributed by atoms with van der Waals surface area (Å²) >= 11 is 1.66. The van der Waals surface area contributed by atoms with Gasteiger partial charge in [0, 0.05) is 10.6 Å². The summed E-state index contributed by atoms with van der Waals surface area (Å²) in [6.45, 7) is 5.46. The second kappa shape index (κ2) is 8.63. The van der Waals surface area contributed by atoms with Gasteiger partial charge in [0.1, 0.15) is 5.82 Å². The number of hydrogen-bond donors (Lipinski definition) is 2. The number of carbonyl (C=O) groups excluding carboxylic acids is 2. The molecule has 2 N–H and O–H groups in total. The van der Waals surface area contributed by atoms with Crippen molar-refractivity contribution in [1.82, 2.24) is 4.90 Å². The average molecular weight is 417 g/mol. The molecule has 2 heterocycles. The highest BCUT2D eigenvalue weighted by molar-refractivity contribution is 7.14. The minimum absolute atomic E-state index is 0.0913. The van der Waals surface area contributed by atoms with E-state index < -0.39 is 0 Å². The van der Waals surface area contributed by atoms with E-state index in [1.54, 1.807) is 23.5 Å². The number of nitrogens with one attached hydrogen (secondary N) is 2. The van der Waals surface area contributed by atoms with Crippen molar-refractivity contribution in [3.05, 3.63) is 51.5 Å². The zero-order chi connectivity index (χ0) is 20.4. The first kappa shape index (κ1) is 20.0. The topological polar surface area (TPSA) is 53.9 Å². The van der Waals surface area contributed by atoms with Crippen LogP contribution in [0.5, 0.6) is 0 Å². The minimum Gasteiger partial charge on any atom is -0.327 e. The highest BCUT2D eigenvalue weighted by Gasteiger charge is 2.28. The Morgan fingerprint density at radius 2 is 1.97 bits per heavy atom. The molecular formula is C22H27FN3O2S+. The molecule has 1 saturated heterocycles. The molecule has 0 saturated carbocycles. The summed E-state index contributed by atoms with van der Waals surface area (Å²) in [5.74, 6) is 0.419. The highest BCUT2D eigenvalue weighted by atomic mass is 32.1. The fourth-order valence-corrected chi connectivity index (χ4v) is 5.31. The predicted molar refractivity (Wildman–Crippen MR) is 112 cm³/mol. The number of halogens is 1. The third-order valence-electron chi connectivity index (χ3n) is 5.84. The van der Waals surface area contributed by atoms with Crippen molar-refractivity contribution in [3.8, 4) is 0 Å². The number of benzene rings is 1. The van der Waals surface area contributed by atoms with Crippen molar-refractivity contribution in [3.63, 3.8) is 0 Å². The number of thiophene rings is 1. The van der Waals surface area contributed by atoms with Crippen molar-refractivity contribution >= 4 is 28.8 Å². The van der Waals surface area contributed by atoms with E-state index >= 15 is 0 Å². The molecule has 29 heavy (non-hydrogen) atoms.